The lowest BCUT2D eigenvalue weighted by molar-refractivity contribution is 0.0701. The number of benzene rings is 1. The number of pyridine rings is 1. The highest BCUT2D eigenvalue weighted by molar-refractivity contribution is 5.89. The molecule has 0 spiro atoms. The molecule has 0 atom stereocenters. The molecule has 0 bridgehead atoms. The lowest BCUT2D eigenvalue weighted by atomic mass is 10.1. The molecule has 0 saturated heterocycles. The van der Waals surface area contributed by atoms with Gasteiger partial charge in [-0.05, 0) is 44.2 Å². The Hall–Kier alpha value is -3.02. The van der Waals surface area contributed by atoms with Gasteiger partial charge in [-0.3, -0.25) is 4.79 Å². The number of ether oxygens (including phenoxy) is 2. The van der Waals surface area contributed by atoms with Gasteiger partial charge in [-0.15, -0.1) is 0 Å². The third kappa shape index (κ3) is 2.67. The van der Waals surface area contributed by atoms with Crippen molar-refractivity contribution in [1.82, 2.24) is 4.57 Å². The zero-order valence-electron chi connectivity index (χ0n) is 13.7. The van der Waals surface area contributed by atoms with E-state index in [9.17, 15) is 9.59 Å². The molecule has 0 fully saturated rings. The van der Waals surface area contributed by atoms with Crippen LogP contribution in [0.3, 0.4) is 0 Å². The Kier molecular flexibility index (Phi) is 4.12. The number of aromatic nitrogens is 1. The minimum absolute atomic E-state index is 0.0990. The van der Waals surface area contributed by atoms with Crippen molar-refractivity contribution in [2.24, 2.45) is 7.05 Å². The molecule has 2 aromatic heterocycles. The number of fused-ring (bicyclic) bond motifs is 1. The van der Waals surface area contributed by atoms with E-state index in [0.29, 0.717) is 17.7 Å². The fourth-order valence-corrected chi connectivity index (χ4v) is 2.54. The van der Waals surface area contributed by atoms with Crippen LogP contribution in [0.5, 0.6) is 11.5 Å². The highest BCUT2D eigenvalue weighted by Crippen LogP contribution is 2.24. The first-order valence-corrected chi connectivity index (χ1v) is 7.54. The topological polar surface area (TPSA) is 70.7 Å². The van der Waals surface area contributed by atoms with Crippen LogP contribution in [0.25, 0.3) is 10.9 Å². The van der Waals surface area contributed by atoms with E-state index >= 15 is 0 Å². The summed E-state index contributed by atoms with van der Waals surface area (Å²) in [6.45, 7) is 4.05. The maximum atomic E-state index is 12.7. The van der Waals surface area contributed by atoms with Gasteiger partial charge in [-0.2, -0.15) is 0 Å². The van der Waals surface area contributed by atoms with Crippen LogP contribution in [0, 0.1) is 6.92 Å². The first-order chi connectivity index (χ1) is 11.5. The average molecular weight is 327 g/mol. The Balaban J connectivity index is 2.07. The van der Waals surface area contributed by atoms with Crippen LogP contribution in [-0.4, -0.2) is 17.1 Å². The number of esters is 1. The van der Waals surface area contributed by atoms with Gasteiger partial charge in [-0.1, -0.05) is 0 Å². The molecule has 0 unspecified atom stereocenters. The molecule has 0 amide bonds. The van der Waals surface area contributed by atoms with E-state index in [2.05, 4.69) is 0 Å². The van der Waals surface area contributed by atoms with Gasteiger partial charge >= 0.3 is 5.97 Å². The average Bonchev–Trinajstić information content (AvgIpc) is 3.11. The number of carbonyl (C=O) groups is 1. The third-order valence-electron chi connectivity index (χ3n) is 3.83. The molecule has 1 aromatic carbocycles. The van der Waals surface area contributed by atoms with E-state index in [1.807, 2.05) is 25.5 Å². The number of rotatable bonds is 4. The Bertz CT molecular complexity index is 954. The normalized spacial score (nSPS) is 10.8. The first kappa shape index (κ1) is 15.9. The summed E-state index contributed by atoms with van der Waals surface area (Å²) in [6.07, 6.45) is 1.39. The van der Waals surface area contributed by atoms with E-state index in [4.69, 9.17) is 13.9 Å². The second-order valence-corrected chi connectivity index (χ2v) is 5.28. The number of carbonyl (C=O) groups excluding carboxylic acids is 1. The maximum Gasteiger partial charge on any atom is 0.379 e. The Morgan fingerprint density at radius 2 is 2.08 bits per heavy atom. The molecule has 6 nitrogen and oxygen atoms in total. The van der Waals surface area contributed by atoms with Crippen LogP contribution in [0.15, 0.2) is 45.8 Å². The first-order valence-electron chi connectivity index (χ1n) is 7.54. The molecule has 0 N–H and O–H groups in total. The molecule has 0 aliphatic rings. The largest absolute Gasteiger partial charge is 0.488 e. The summed E-state index contributed by atoms with van der Waals surface area (Å²) in [5.41, 5.74) is 1.26. The van der Waals surface area contributed by atoms with Crippen LogP contribution >= 0.6 is 0 Å². The molecule has 0 radical (unpaired) electrons. The number of hydrogen-bond acceptors (Lipinski definition) is 5. The summed E-state index contributed by atoms with van der Waals surface area (Å²) in [5, 5.41) is 0.427. The van der Waals surface area contributed by atoms with Gasteiger partial charge in [0.15, 0.2) is 5.75 Å². The fraction of sp³-hybridized carbons (Fsp3) is 0.222. The molecule has 24 heavy (non-hydrogen) atoms. The molecule has 3 rings (SSSR count). The van der Waals surface area contributed by atoms with Crippen LogP contribution in [0.4, 0.5) is 0 Å². The van der Waals surface area contributed by atoms with Crippen LogP contribution in [0.2, 0.25) is 0 Å². The molecular formula is C18H17NO5. The van der Waals surface area contributed by atoms with Gasteiger partial charge in [0.2, 0.25) is 11.2 Å². The second kappa shape index (κ2) is 6.23. The molecule has 2 heterocycles. The van der Waals surface area contributed by atoms with Gasteiger partial charge in [0.05, 0.1) is 29.5 Å². The number of nitrogens with zero attached hydrogens (tertiary/aromatic N) is 1. The van der Waals surface area contributed by atoms with Gasteiger partial charge in [0.1, 0.15) is 5.75 Å². The van der Waals surface area contributed by atoms with Crippen molar-refractivity contribution in [3.63, 3.8) is 0 Å². The van der Waals surface area contributed by atoms with E-state index < -0.39 is 5.97 Å². The van der Waals surface area contributed by atoms with Crippen LogP contribution in [0.1, 0.15) is 23.2 Å². The van der Waals surface area contributed by atoms with Crippen LogP contribution in [-0.2, 0) is 7.05 Å². The monoisotopic (exact) mass is 327 g/mol. The van der Waals surface area contributed by atoms with Gasteiger partial charge in [0.25, 0.3) is 0 Å². The summed E-state index contributed by atoms with van der Waals surface area (Å²) in [7, 11) is 1.86. The molecule has 3 aromatic rings. The lowest BCUT2D eigenvalue weighted by Crippen LogP contribution is -2.16. The quantitative estimate of drug-likeness (QED) is 0.544. The standard InChI is InChI=1S/C18H17NO5/c1-4-22-17-11(2)19(3)14-8-7-12(10-13(14)16(17)20)24-18(21)15-6-5-9-23-15/h5-10H,4H2,1-3H3. The van der Waals surface area contributed by atoms with Crippen LogP contribution < -0.4 is 14.9 Å². The molecule has 0 saturated carbocycles. The summed E-state index contributed by atoms with van der Waals surface area (Å²) < 4.78 is 17.6. The van der Waals surface area contributed by atoms with E-state index in [0.717, 1.165) is 11.2 Å². The summed E-state index contributed by atoms with van der Waals surface area (Å²) in [4.78, 5) is 24.6. The third-order valence-corrected chi connectivity index (χ3v) is 3.83. The second-order valence-electron chi connectivity index (χ2n) is 5.28. The molecule has 0 aliphatic carbocycles. The molecule has 0 aliphatic heterocycles. The summed E-state index contributed by atoms with van der Waals surface area (Å²) in [5.74, 6) is 0.0598. The van der Waals surface area contributed by atoms with E-state index in [1.165, 1.54) is 12.3 Å². The van der Waals surface area contributed by atoms with Gasteiger partial charge < -0.3 is 18.5 Å². The Morgan fingerprint density at radius 1 is 1.29 bits per heavy atom. The fourth-order valence-electron chi connectivity index (χ4n) is 2.54. The van der Waals surface area contributed by atoms with Gasteiger partial charge in [-0.25, -0.2) is 4.79 Å². The predicted octanol–water partition coefficient (Wildman–Crippen LogP) is 3.06. The van der Waals surface area contributed by atoms with Crippen molar-refractivity contribution in [2.45, 2.75) is 13.8 Å². The molecule has 124 valence electrons. The van der Waals surface area contributed by atoms with Crippen molar-refractivity contribution in [3.05, 3.63) is 58.3 Å². The lowest BCUT2D eigenvalue weighted by Gasteiger charge is -2.14. The van der Waals surface area contributed by atoms with E-state index in [1.54, 1.807) is 24.3 Å². The van der Waals surface area contributed by atoms with Crippen molar-refractivity contribution < 1.29 is 18.7 Å². The van der Waals surface area contributed by atoms with Gasteiger partial charge in [0, 0.05) is 7.05 Å². The van der Waals surface area contributed by atoms with E-state index in [-0.39, 0.29) is 16.9 Å². The molecule has 6 heteroatoms. The Labute approximate surface area is 138 Å². The van der Waals surface area contributed by atoms with Crippen molar-refractivity contribution in [3.8, 4) is 11.5 Å². The van der Waals surface area contributed by atoms with Crippen molar-refractivity contribution in [1.29, 1.82) is 0 Å². The number of aryl methyl sites for hydroxylation is 1. The highest BCUT2D eigenvalue weighted by atomic mass is 16.5. The SMILES string of the molecule is CCOc1c(C)n(C)c2ccc(OC(=O)c3ccco3)cc2c1=O. The molecular weight excluding hydrogens is 310 g/mol. The highest BCUT2D eigenvalue weighted by Gasteiger charge is 2.16. The zero-order valence-corrected chi connectivity index (χ0v) is 13.7. The zero-order chi connectivity index (χ0) is 17.3. The maximum absolute atomic E-state index is 12.7. The summed E-state index contributed by atoms with van der Waals surface area (Å²) >= 11 is 0. The van der Waals surface area contributed by atoms with Crippen molar-refractivity contribution in [2.75, 3.05) is 6.61 Å². The summed E-state index contributed by atoms with van der Waals surface area (Å²) in [6, 6.07) is 8.04. The minimum Gasteiger partial charge on any atom is -0.488 e. The van der Waals surface area contributed by atoms with Crippen molar-refractivity contribution >= 4 is 16.9 Å². The number of furan rings is 1. The smallest absolute Gasteiger partial charge is 0.379 e. The Morgan fingerprint density at radius 3 is 2.75 bits per heavy atom. The minimum atomic E-state index is -0.617. The predicted molar refractivity (Wildman–Crippen MR) is 88.8 cm³/mol. The number of hydrogen-bond donors (Lipinski definition) is 0.